The molecular weight excluding hydrogens is 338 g/mol. The molecule has 2 aliphatic rings. The van der Waals surface area contributed by atoms with E-state index in [2.05, 4.69) is 28.0 Å². The van der Waals surface area contributed by atoms with Crippen LogP contribution in [0, 0.1) is 0 Å². The molecule has 2 saturated heterocycles. The predicted molar refractivity (Wildman–Crippen MR) is 108 cm³/mol. The van der Waals surface area contributed by atoms with Gasteiger partial charge in [-0.05, 0) is 12.8 Å². The lowest BCUT2D eigenvalue weighted by Crippen LogP contribution is -2.46. The Labute approximate surface area is 160 Å². The summed E-state index contributed by atoms with van der Waals surface area (Å²) >= 11 is 0. The second kappa shape index (κ2) is 8.37. The molecule has 1 aromatic heterocycles. The van der Waals surface area contributed by atoms with Crippen LogP contribution in [0.15, 0.2) is 36.4 Å². The molecule has 3 heterocycles. The molecule has 0 unspecified atom stereocenters. The topological polar surface area (TPSA) is 52.6 Å². The molecule has 0 atom stereocenters. The first-order valence-electron chi connectivity index (χ1n) is 9.97. The average Bonchev–Trinajstić information content (AvgIpc) is 3.04. The Morgan fingerprint density at radius 1 is 0.778 bits per heavy atom. The number of anilines is 2. The van der Waals surface area contributed by atoms with Crippen LogP contribution >= 0.6 is 0 Å². The normalized spacial score (nSPS) is 18.3. The van der Waals surface area contributed by atoms with Crippen molar-refractivity contribution in [2.45, 2.75) is 25.7 Å². The maximum Gasteiger partial charge on any atom is 0.228 e. The molecule has 2 fully saturated rings. The molecule has 0 bridgehead atoms. The van der Waals surface area contributed by atoms with Crippen LogP contribution in [-0.2, 0) is 4.79 Å². The van der Waals surface area contributed by atoms with Gasteiger partial charge in [-0.15, -0.1) is 0 Å². The number of amides is 1. The lowest BCUT2D eigenvalue weighted by Gasteiger charge is -2.33. The molecular formula is C21H27N5O. The molecule has 1 amide bonds. The minimum Gasteiger partial charge on any atom is -0.356 e. The largest absolute Gasteiger partial charge is 0.356 e. The third-order valence-electron chi connectivity index (χ3n) is 5.45. The number of hydrogen-bond acceptors (Lipinski definition) is 5. The number of piperazine rings is 1. The van der Waals surface area contributed by atoms with Gasteiger partial charge in [0.25, 0.3) is 0 Å². The summed E-state index contributed by atoms with van der Waals surface area (Å²) in [5.74, 6) is 1.81. The average molecular weight is 365 g/mol. The Morgan fingerprint density at radius 3 is 2.15 bits per heavy atom. The Balaban J connectivity index is 1.67. The summed E-state index contributed by atoms with van der Waals surface area (Å²) in [6, 6.07) is 12.5. The fourth-order valence-electron chi connectivity index (χ4n) is 3.81. The summed E-state index contributed by atoms with van der Waals surface area (Å²) in [5, 5.41) is 0. The van der Waals surface area contributed by atoms with Gasteiger partial charge >= 0.3 is 0 Å². The van der Waals surface area contributed by atoms with Gasteiger partial charge in [-0.3, -0.25) is 4.79 Å². The number of carbonyl (C=O) groups is 1. The first-order valence-corrected chi connectivity index (χ1v) is 9.97. The van der Waals surface area contributed by atoms with Crippen molar-refractivity contribution in [2.75, 3.05) is 49.1 Å². The van der Waals surface area contributed by atoms with Gasteiger partial charge in [-0.1, -0.05) is 43.2 Å². The zero-order chi connectivity index (χ0) is 18.5. The van der Waals surface area contributed by atoms with Gasteiger partial charge in [0.1, 0.15) is 5.82 Å². The van der Waals surface area contributed by atoms with Crippen molar-refractivity contribution in [3.05, 3.63) is 36.4 Å². The van der Waals surface area contributed by atoms with Crippen molar-refractivity contribution in [3.63, 3.8) is 0 Å². The van der Waals surface area contributed by atoms with Crippen molar-refractivity contribution in [1.29, 1.82) is 0 Å². The van der Waals surface area contributed by atoms with Crippen LogP contribution in [0.2, 0.25) is 0 Å². The van der Waals surface area contributed by atoms with E-state index >= 15 is 0 Å². The third kappa shape index (κ3) is 4.21. The van der Waals surface area contributed by atoms with Crippen LogP contribution in [0.1, 0.15) is 25.7 Å². The Hall–Kier alpha value is -2.63. The SMILES string of the molecule is O=CN1CCN(c2nc(-c3ccccc3)cc(N3CCCCCC3)n2)CC1. The smallest absolute Gasteiger partial charge is 0.228 e. The maximum atomic E-state index is 11.0. The second-order valence-electron chi connectivity index (χ2n) is 7.31. The van der Waals surface area contributed by atoms with E-state index in [0.29, 0.717) is 0 Å². The number of carbonyl (C=O) groups excluding carboxylic acids is 1. The van der Waals surface area contributed by atoms with E-state index in [4.69, 9.17) is 9.97 Å². The molecule has 6 nitrogen and oxygen atoms in total. The molecule has 0 N–H and O–H groups in total. The zero-order valence-electron chi connectivity index (χ0n) is 15.8. The fourth-order valence-corrected chi connectivity index (χ4v) is 3.81. The highest BCUT2D eigenvalue weighted by Crippen LogP contribution is 2.27. The number of benzene rings is 1. The molecule has 0 aliphatic carbocycles. The highest BCUT2D eigenvalue weighted by molar-refractivity contribution is 5.65. The van der Waals surface area contributed by atoms with Crippen molar-refractivity contribution in [2.24, 2.45) is 0 Å². The first-order chi connectivity index (χ1) is 13.3. The molecule has 0 radical (unpaired) electrons. The number of nitrogens with zero attached hydrogens (tertiary/aromatic N) is 5. The Kier molecular flexibility index (Phi) is 5.51. The number of aromatic nitrogens is 2. The lowest BCUT2D eigenvalue weighted by molar-refractivity contribution is -0.118. The molecule has 142 valence electrons. The molecule has 27 heavy (non-hydrogen) atoms. The first kappa shape index (κ1) is 17.8. The fraction of sp³-hybridized carbons (Fsp3) is 0.476. The van der Waals surface area contributed by atoms with E-state index in [9.17, 15) is 4.79 Å². The maximum absolute atomic E-state index is 11.0. The summed E-state index contributed by atoms with van der Waals surface area (Å²) < 4.78 is 0. The summed E-state index contributed by atoms with van der Waals surface area (Å²) in [6.07, 6.45) is 5.97. The van der Waals surface area contributed by atoms with Crippen molar-refractivity contribution >= 4 is 18.2 Å². The van der Waals surface area contributed by atoms with Crippen LogP contribution in [0.25, 0.3) is 11.3 Å². The highest BCUT2D eigenvalue weighted by Gasteiger charge is 2.21. The van der Waals surface area contributed by atoms with E-state index in [1.807, 2.05) is 23.1 Å². The van der Waals surface area contributed by atoms with E-state index in [-0.39, 0.29) is 0 Å². The molecule has 2 aliphatic heterocycles. The minimum absolute atomic E-state index is 0.724. The van der Waals surface area contributed by atoms with Gasteiger partial charge < -0.3 is 14.7 Å². The van der Waals surface area contributed by atoms with Crippen molar-refractivity contribution < 1.29 is 4.79 Å². The van der Waals surface area contributed by atoms with Crippen LogP contribution in [0.3, 0.4) is 0 Å². The van der Waals surface area contributed by atoms with Gasteiger partial charge in [-0.2, -0.15) is 4.98 Å². The van der Waals surface area contributed by atoms with Crippen LogP contribution < -0.4 is 9.80 Å². The van der Waals surface area contributed by atoms with Crippen LogP contribution in [0.4, 0.5) is 11.8 Å². The number of rotatable bonds is 4. The second-order valence-corrected chi connectivity index (χ2v) is 7.31. The van der Waals surface area contributed by atoms with Crippen molar-refractivity contribution in [1.82, 2.24) is 14.9 Å². The minimum atomic E-state index is 0.724. The quantitative estimate of drug-likeness (QED) is 0.780. The third-order valence-corrected chi connectivity index (χ3v) is 5.45. The van der Waals surface area contributed by atoms with Gasteiger partial charge in [-0.25, -0.2) is 4.98 Å². The van der Waals surface area contributed by atoms with Crippen LogP contribution in [-0.4, -0.2) is 60.5 Å². The Morgan fingerprint density at radius 2 is 1.48 bits per heavy atom. The van der Waals surface area contributed by atoms with E-state index in [0.717, 1.165) is 68.7 Å². The molecule has 6 heteroatoms. The van der Waals surface area contributed by atoms with Gasteiger partial charge in [0.05, 0.1) is 5.69 Å². The van der Waals surface area contributed by atoms with E-state index in [1.165, 1.54) is 25.7 Å². The van der Waals surface area contributed by atoms with Gasteiger partial charge in [0.15, 0.2) is 0 Å². The lowest BCUT2D eigenvalue weighted by atomic mass is 10.1. The zero-order valence-corrected chi connectivity index (χ0v) is 15.8. The summed E-state index contributed by atoms with van der Waals surface area (Å²) in [7, 11) is 0. The van der Waals surface area contributed by atoms with Crippen molar-refractivity contribution in [3.8, 4) is 11.3 Å². The summed E-state index contributed by atoms with van der Waals surface area (Å²) in [4.78, 5) is 27.2. The van der Waals surface area contributed by atoms with Gasteiger partial charge in [0, 0.05) is 50.9 Å². The summed E-state index contributed by atoms with van der Waals surface area (Å²) in [5.41, 5.74) is 2.08. The van der Waals surface area contributed by atoms with E-state index in [1.54, 1.807) is 0 Å². The molecule has 1 aromatic carbocycles. The summed E-state index contributed by atoms with van der Waals surface area (Å²) in [6.45, 7) is 5.11. The predicted octanol–water partition coefficient (Wildman–Crippen LogP) is 2.80. The monoisotopic (exact) mass is 365 g/mol. The Bertz CT molecular complexity index is 750. The standard InChI is InChI=1S/C21H27N5O/c27-17-24-12-14-26(15-13-24)21-22-19(18-8-4-3-5-9-18)16-20(23-21)25-10-6-1-2-7-11-25/h3-5,8-9,16-17H,1-2,6-7,10-15H2. The van der Waals surface area contributed by atoms with Gasteiger partial charge in [0.2, 0.25) is 12.4 Å². The highest BCUT2D eigenvalue weighted by atomic mass is 16.1. The van der Waals surface area contributed by atoms with E-state index < -0.39 is 0 Å². The number of hydrogen-bond donors (Lipinski definition) is 0. The molecule has 2 aromatic rings. The van der Waals surface area contributed by atoms with Crippen LogP contribution in [0.5, 0.6) is 0 Å². The molecule has 4 rings (SSSR count). The molecule has 0 spiro atoms. The molecule has 0 saturated carbocycles.